The average Bonchev–Trinajstić information content (AvgIpc) is 3.20. The van der Waals surface area contributed by atoms with Gasteiger partial charge in [0.1, 0.15) is 0 Å². The first-order valence-electron chi connectivity index (χ1n) is 10.9. The van der Waals surface area contributed by atoms with E-state index >= 15 is 0 Å². The number of hydrogen-bond donors (Lipinski definition) is 1. The lowest BCUT2D eigenvalue weighted by molar-refractivity contribution is -0.117. The van der Waals surface area contributed by atoms with Crippen molar-refractivity contribution in [2.45, 2.75) is 64.2 Å². The first-order chi connectivity index (χ1) is 13.2. The minimum Gasteiger partial charge on any atom is -0.338 e. The molecule has 1 heterocycles. The van der Waals surface area contributed by atoms with Crippen LogP contribution in [0.2, 0.25) is 0 Å². The molecule has 4 heteroatoms. The molecule has 2 amide bonds. The molecule has 2 atom stereocenters. The summed E-state index contributed by atoms with van der Waals surface area (Å²) in [6, 6.07) is 7.46. The molecular weight excluding hydrogens is 336 g/mol. The lowest BCUT2D eigenvalue weighted by atomic mass is 9.75. The molecule has 1 aliphatic heterocycles. The maximum absolute atomic E-state index is 12.9. The van der Waals surface area contributed by atoms with Crippen molar-refractivity contribution in [3.8, 4) is 0 Å². The molecule has 1 aromatic rings. The monoisotopic (exact) mass is 368 g/mol. The molecule has 2 aliphatic carbocycles. The van der Waals surface area contributed by atoms with E-state index in [9.17, 15) is 9.59 Å². The Kier molecular flexibility index (Phi) is 5.80. The number of anilines is 1. The number of rotatable bonds is 4. The van der Waals surface area contributed by atoms with E-state index in [-0.39, 0.29) is 11.8 Å². The maximum atomic E-state index is 12.9. The van der Waals surface area contributed by atoms with Gasteiger partial charge in [0.05, 0.1) is 0 Å². The Labute approximate surface area is 162 Å². The van der Waals surface area contributed by atoms with E-state index in [1.807, 2.05) is 29.2 Å². The van der Waals surface area contributed by atoms with E-state index in [1.54, 1.807) is 0 Å². The van der Waals surface area contributed by atoms with Gasteiger partial charge in [-0.15, -0.1) is 0 Å². The van der Waals surface area contributed by atoms with Crippen LogP contribution in [0.4, 0.5) is 5.69 Å². The molecule has 0 spiro atoms. The topological polar surface area (TPSA) is 49.4 Å². The summed E-state index contributed by atoms with van der Waals surface area (Å²) in [6.07, 6.45) is 12.0. The summed E-state index contributed by atoms with van der Waals surface area (Å²) in [5.74, 6) is 2.32. The number of likely N-dealkylation sites (tertiary alicyclic amines) is 1. The van der Waals surface area contributed by atoms with Gasteiger partial charge in [-0.3, -0.25) is 9.59 Å². The lowest BCUT2D eigenvalue weighted by Crippen LogP contribution is -2.44. The van der Waals surface area contributed by atoms with Gasteiger partial charge < -0.3 is 10.2 Å². The van der Waals surface area contributed by atoms with Crippen molar-refractivity contribution in [3.05, 3.63) is 29.8 Å². The lowest BCUT2D eigenvalue weighted by Gasteiger charge is -2.41. The van der Waals surface area contributed by atoms with Crippen LogP contribution >= 0.6 is 0 Å². The molecule has 3 fully saturated rings. The Morgan fingerprint density at radius 1 is 0.889 bits per heavy atom. The zero-order valence-corrected chi connectivity index (χ0v) is 16.3. The highest BCUT2D eigenvalue weighted by Crippen LogP contribution is 2.36. The molecule has 0 aromatic heterocycles. The Morgan fingerprint density at radius 2 is 1.56 bits per heavy atom. The fourth-order valence-corrected chi connectivity index (χ4v) is 5.35. The van der Waals surface area contributed by atoms with Crippen molar-refractivity contribution in [3.63, 3.8) is 0 Å². The van der Waals surface area contributed by atoms with Gasteiger partial charge in [-0.1, -0.05) is 32.1 Å². The minimum atomic E-state index is 0.0975. The molecule has 146 valence electrons. The number of benzene rings is 1. The van der Waals surface area contributed by atoms with Gasteiger partial charge >= 0.3 is 0 Å². The fourth-order valence-electron chi connectivity index (χ4n) is 5.35. The largest absolute Gasteiger partial charge is 0.338 e. The van der Waals surface area contributed by atoms with E-state index in [1.165, 1.54) is 51.4 Å². The van der Waals surface area contributed by atoms with Crippen LogP contribution in [-0.4, -0.2) is 29.8 Å². The van der Waals surface area contributed by atoms with Crippen LogP contribution in [0.1, 0.15) is 74.6 Å². The number of carbonyl (C=O) groups is 2. The molecule has 3 aliphatic rings. The summed E-state index contributed by atoms with van der Waals surface area (Å²) in [4.78, 5) is 27.1. The third-order valence-corrected chi connectivity index (χ3v) is 6.94. The second-order valence-electron chi connectivity index (χ2n) is 8.82. The van der Waals surface area contributed by atoms with Crippen molar-refractivity contribution in [2.75, 3.05) is 18.4 Å². The molecule has 1 saturated heterocycles. The van der Waals surface area contributed by atoms with E-state index < -0.39 is 0 Å². The van der Waals surface area contributed by atoms with Crippen LogP contribution in [-0.2, 0) is 4.79 Å². The molecule has 0 radical (unpaired) electrons. The van der Waals surface area contributed by atoms with Gasteiger partial charge in [0.25, 0.3) is 5.91 Å². The summed E-state index contributed by atoms with van der Waals surface area (Å²) in [6.45, 7) is 1.81. The third kappa shape index (κ3) is 4.53. The smallest absolute Gasteiger partial charge is 0.253 e. The molecule has 4 rings (SSSR count). The molecular formula is C23H32N2O2. The van der Waals surface area contributed by atoms with Crippen LogP contribution in [0.3, 0.4) is 0 Å². The molecule has 1 aromatic carbocycles. The van der Waals surface area contributed by atoms with Crippen LogP contribution in [0, 0.1) is 17.8 Å². The molecule has 1 N–H and O–H groups in total. The Morgan fingerprint density at radius 3 is 2.30 bits per heavy atom. The summed E-state index contributed by atoms with van der Waals surface area (Å²) < 4.78 is 0. The summed E-state index contributed by atoms with van der Waals surface area (Å²) in [5, 5.41) is 2.99. The SMILES string of the molecule is O=C(CC1CCCC1)Nc1ccc(C(=O)N2CC[C@@H]3CCCC[C@H]3C2)cc1. The standard InChI is InChI=1S/C23H32N2O2/c26-22(15-17-5-1-2-6-17)24-21-11-9-19(10-12-21)23(27)25-14-13-18-7-3-4-8-20(18)16-25/h9-12,17-18,20H,1-8,13-16H2,(H,24,26)/t18-,20-/m0/s1. The summed E-state index contributed by atoms with van der Waals surface area (Å²) in [7, 11) is 0. The van der Waals surface area contributed by atoms with Crippen molar-refractivity contribution in [1.82, 2.24) is 4.90 Å². The first-order valence-corrected chi connectivity index (χ1v) is 10.9. The highest BCUT2D eigenvalue weighted by molar-refractivity contribution is 5.96. The van der Waals surface area contributed by atoms with Gasteiger partial charge in [0.2, 0.25) is 5.91 Å². The predicted molar refractivity (Wildman–Crippen MR) is 108 cm³/mol. The van der Waals surface area contributed by atoms with E-state index in [0.29, 0.717) is 18.3 Å². The van der Waals surface area contributed by atoms with Gasteiger partial charge in [0, 0.05) is 30.8 Å². The molecule has 4 nitrogen and oxygen atoms in total. The van der Waals surface area contributed by atoms with Crippen molar-refractivity contribution in [1.29, 1.82) is 0 Å². The van der Waals surface area contributed by atoms with Crippen LogP contribution < -0.4 is 5.32 Å². The summed E-state index contributed by atoms with van der Waals surface area (Å²) >= 11 is 0. The van der Waals surface area contributed by atoms with Crippen LogP contribution in [0.25, 0.3) is 0 Å². The number of nitrogens with one attached hydrogen (secondary N) is 1. The molecule has 0 bridgehead atoms. The van der Waals surface area contributed by atoms with Crippen LogP contribution in [0.15, 0.2) is 24.3 Å². The number of amides is 2. The second-order valence-corrected chi connectivity index (χ2v) is 8.82. The quantitative estimate of drug-likeness (QED) is 0.825. The van der Waals surface area contributed by atoms with Crippen LogP contribution in [0.5, 0.6) is 0 Å². The number of nitrogens with zero attached hydrogens (tertiary/aromatic N) is 1. The maximum Gasteiger partial charge on any atom is 0.253 e. The second kappa shape index (κ2) is 8.45. The third-order valence-electron chi connectivity index (χ3n) is 6.94. The highest BCUT2D eigenvalue weighted by atomic mass is 16.2. The van der Waals surface area contributed by atoms with Crippen molar-refractivity contribution >= 4 is 17.5 Å². The highest BCUT2D eigenvalue weighted by Gasteiger charge is 2.33. The fraction of sp³-hybridized carbons (Fsp3) is 0.652. The zero-order chi connectivity index (χ0) is 18.6. The number of piperidine rings is 1. The van der Waals surface area contributed by atoms with E-state index in [4.69, 9.17) is 0 Å². The van der Waals surface area contributed by atoms with Crippen molar-refractivity contribution < 1.29 is 9.59 Å². The average molecular weight is 369 g/mol. The molecule has 27 heavy (non-hydrogen) atoms. The van der Waals surface area contributed by atoms with E-state index in [0.717, 1.165) is 36.7 Å². The predicted octanol–water partition coefficient (Wildman–Crippen LogP) is 4.86. The van der Waals surface area contributed by atoms with Crippen molar-refractivity contribution in [2.24, 2.45) is 17.8 Å². The Bertz CT molecular complexity index is 663. The molecule has 0 unspecified atom stereocenters. The number of hydrogen-bond acceptors (Lipinski definition) is 2. The van der Waals surface area contributed by atoms with Gasteiger partial charge in [-0.05, 0) is 67.7 Å². The number of fused-ring (bicyclic) bond motifs is 1. The Balaban J connectivity index is 1.31. The summed E-state index contributed by atoms with van der Waals surface area (Å²) in [5.41, 5.74) is 1.53. The Hall–Kier alpha value is -1.84. The zero-order valence-electron chi connectivity index (χ0n) is 16.3. The molecule has 2 saturated carbocycles. The first kappa shape index (κ1) is 18.5. The van der Waals surface area contributed by atoms with Gasteiger partial charge in [0.15, 0.2) is 0 Å². The normalized spacial score (nSPS) is 25.9. The number of carbonyl (C=O) groups excluding carboxylic acids is 2. The minimum absolute atomic E-state index is 0.0975. The van der Waals surface area contributed by atoms with E-state index in [2.05, 4.69) is 5.32 Å². The van der Waals surface area contributed by atoms with Gasteiger partial charge in [-0.2, -0.15) is 0 Å². The van der Waals surface area contributed by atoms with Gasteiger partial charge in [-0.25, -0.2) is 0 Å².